The van der Waals surface area contributed by atoms with Gasteiger partial charge >= 0.3 is 0 Å². The third kappa shape index (κ3) is 25.9. The molecular formula is C81H88N20O14S4. The van der Waals surface area contributed by atoms with E-state index in [1.807, 2.05) is 19.1 Å². The van der Waals surface area contributed by atoms with Crippen LogP contribution in [0.1, 0.15) is 87.4 Å². The van der Waals surface area contributed by atoms with Crippen LogP contribution >= 0.6 is 0 Å². The van der Waals surface area contributed by atoms with Crippen molar-refractivity contribution in [1.82, 2.24) is 63.8 Å². The molecule has 10 aromatic heterocycles. The summed E-state index contributed by atoms with van der Waals surface area (Å²) in [6.45, 7) is 12.1. The van der Waals surface area contributed by atoms with E-state index in [2.05, 4.69) is 81.1 Å². The van der Waals surface area contributed by atoms with Gasteiger partial charge in [0.25, 0.3) is 5.91 Å². The number of carbonyl (C=O) groups is 6. The molecule has 1 saturated carbocycles. The second-order valence-electron chi connectivity index (χ2n) is 27.5. The first-order valence-electron chi connectivity index (χ1n) is 36.6. The Morgan fingerprint density at radius 3 is 1.30 bits per heavy atom. The lowest BCUT2D eigenvalue weighted by Gasteiger charge is -2.15. The van der Waals surface area contributed by atoms with Crippen molar-refractivity contribution >= 4 is 116 Å². The van der Waals surface area contributed by atoms with Gasteiger partial charge in [-0.05, 0) is 175 Å². The first-order chi connectivity index (χ1) is 56.3. The van der Waals surface area contributed by atoms with Gasteiger partial charge in [-0.3, -0.25) is 43.7 Å². The molecule has 1 aliphatic heterocycles. The summed E-state index contributed by atoms with van der Waals surface area (Å²) in [7, 11) is -10.9. The Bertz CT molecular complexity index is 6100. The molecule has 0 atom stereocenters. The fourth-order valence-corrected chi connectivity index (χ4v) is 16.7. The molecule has 119 heavy (non-hydrogen) atoms. The highest BCUT2D eigenvalue weighted by atomic mass is 32.2. The number of hydrogen-bond donors (Lipinski definition) is 8. The molecule has 1 saturated heterocycles. The van der Waals surface area contributed by atoms with E-state index >= 15 is 0 Å². The predicted octanol–water partition coefficient (Wildman–Crippen LogP) is 9.84. The lowest BCUT2D eigenvalue weighted by Crippen LogP contribution is -2.27. The second kappa shape index (κ2) is 40.1. The molecule has 2 aliphatic rings. The molecule has 11 heterocycles. The summed E-state index contributed by atoms with van der Waals surface area (Å²) < 4.78 is 104. The minimum Gasteiger partial charge on any atom is -0.383 e. The number of sulfonamides is 2. The highest BCUT2D eigenvalue weighted by Gasteiger charge is 2.30. The van der Waals surface area contributed by atoms with Gasteiger partial charge in [0.2, 0.25) is 49.6 Å². The van der Waals surface area contributed by atoms with Crippen LogP contribution in [0.2, 0.25) is 0 Å². The van der Waals surface area contributed by atoms with Crippen molar-refractivity contribution < 1.29 is 62.4 Å². The van der Waals surface area contributed by atoms with Gasteiger partial charge in [-0.25, -0.2) is 73.3 Å². The van der Waals surface area contributed by atoms with Crippen molar-refractivity contribution in [3.63, 3.8) is 0 Å². The van der Waals surface area contributed by atoms with Crippen molar-refractivity contribution in [2.75, 3.05) is 78.0 Å². The maximum atomic E-state index is 13.0. The zero-order chi connectivity index (χ0) is 86.5. The molecule has 38 heteroatoms. The number of amides is 6. The van der Waals surface area contributed by atoms with E-state index < -0.39 is 39.7 Å². The number of sulfone groups is 2. The maximum Gasteiger partial charge on any atom is 0.254 e. The number of nitrogens with two attached hydrogens (primary N) is 2. The molecule has 0 spiro atoms. The average molecular weight is 1690 g/mol. The van der Waals surface area contributed by atoms with Crippen molar-refractivity contribution in [2.24, 2.45) is 5.92 Å². The molecule has 11 aromatic rings. The molecule has 13 rings (SSSR count). The van der Waals surface area contributed by atoms with Crippen molar-refractivity contribution in [3.8, 4) is 55.6 Å². The first-order valence-corrected chi connectivity index (χ1v) is 43.0. The molecule has 1 aromatic carbocycles. The number of benzene rings is 1. The van der Waals surface area contributed by atoms with E-state index in [1.165, 1.54) is 106 Å². The largest absolute Gasteiger partial charge is 0.383 e. The summed E-state index contributed by atoms with van der Waals surface area (Å²) >= 11 is 0. The Hall–Kier alpha value is -13.1. The molecule has 34 nitrogen and oxygen atoms in total. The molecule has 0 radical (unpaired) electrons. The van der Waals surface area contributed by atoms with Gasteiger partial charge in [-0.15, -0.1) is 0 Å². The summed E-state index contributed by atoms with van der Waals surface area (Å²) in [6.07, 6.45) is 24.8. The number of hydrogen-bond acceptors (Lipinski definition) is 26. The van der Waals surface area contributed by atoms with Gasteiger partial charge in [-0.1, -0.05) is 24.3 Å². The van der Waals surface area contributed by atoms with Crippen LogP contribution in [-0.2, 0) is 69.4 Å². The van der Waals surface area contributed by atoms with E-state index in [0.29, 0.717) is 105 Å². The first kappa shape index (κ1) is 89.8. The van der Waals surface area contributed by atoms with Crippen molar-refractivity contribution in [1.29, 1.82) is 0 Å². The topological polar surface area (TPSA) is 499 Å². The zero-order valence-corrected chi connectivity index (χ0v) is 69.8. The third-order valence-corrected chi connectivity index (χ3v) is 23.8. The Labute approximate surface area is 689 Å². The van der Waals surface area contributed by atoms with Crippen LogP contribution in [0.4, 0.5) is 40.7 Å². The lowest BCUT2D eigenvalue weighted by molar-refractivity contribution is -0.115. The molecule has 2 fully saturated rings. The Kier molecular flexibility index (Phi) is 30.3. The number of nitrogens with one attached hydrogen (secondary N) is 6. The summed E-state index contributed by atoms with van der Waals surface area (Å²) in [5.41, 5.74) is 21.3. The summed E-state index contributed by atoms with van der Waals surface area (Å²) in [4.78, 5) is 110. The van der Waals surface area contributed by atoms with Gasteiger partial charge in [-0.2, -0.15) is 4.31 Å². The predicted molar refractivity (Wildman–Crippen MR) is 452 cm³/mol. The minimum atomic E-state index is -3.76. The quantitative estimate of drug-likeness (QED) is 0.0331. The fraction of sp³-hybridized carbons (Fsp3) is 0.235. The average Bonchev–Trinajstić information content (AvgIpc) is 1.51. The van der Waals surface area contributed by atoms with Crippen LogP contribution in [0.3, 0.4) is 0 Å². The van der Waals surface area contributed by atoms with Crippen molar-refractivity contribution in [2.45, 2.75) is 99.5 Å². The fourth-order valence-electron chi connectivity index (χ4n) is 11.6. The number of carbonyl (C=O) groups excluding carboxylic acids is 6. The summed E-state index contributed by atoms with van der Waals surface area (Å²) in [5, 5.41) is 13.0. The van der Waals surface area contributed by atoms with E-state index in [0.717, 1.165) is 59.8 Å². The van der Waals surface area contributed by atoms with Crippen LogP contribution in [-0.4, -0.2) is 168 Å². The standard InChI is InChI=1S/C20H20N4O3S.C17H21N5O3S.C16H18N4O3S.C15H16N4O2.C13H13N3O3S/c1-13-5-3-4-6-16(13)12-28(26,27)18-9-17(11-23-20(18)21)15-7-8-22-19(10-15)24-14(2)25;1-10-14(13-5-6-19-15(7-13)22-11(2)23)9-20-17(18)16(10)26(24,25)21-8-12-3-4-12;1-12(21)19-16-9-13(4-5-18-16)14-8-15(11-17-10-14)24(22,23)20-6-2-3-7-20;1-10(20)18-14-7-11(4-5-17-14)12-6-13(9-16-8-12)15(21)19(2)3;1-9(17)16-13-6-10(3-4-15-13)11-5-12(8-14-7-11)20(2,18)19/h3-11H,12H2,1-2H3,(H2,21,23)(H,22,24,25);5-7,9,12,21H,3-4,8H2,1-2H3,(H2,18,20)(H,19,22,23);4-5,8-11H,2-3,6-7H2,1H3,(H,18,19,21);4-9H,1-3H3,(H,17,18,20);3-8H,1-2H3,(H,15,16,17). The van der Waals surface area contributed by atoms with E-state index in [9.17, 15) is 62.4 Å². The number of nitrogens with zero attached hydrogens (tertiary/aromatic N) is 12. The molecule has 0 bridgehead atoms. The van der Waals surface area contributed by atoms with E-state index in [1.54, 1.807) is 137 Å². The number of aromatic nitrogens is 10. The summed E-state index contributed by atoms with van der Waals surface area (Å²) in [5.74, 6) is 0.946. The number of rotatable bonds is 21. The van der Waals surface area contributed by atoms with Crippen LogP contribution in [0.15, 0.2) is 209 Å². The smallest absolute Gasteiger partial charge is 0.254 e. The van der Waals surface area contributed by atoms with E-state index in [-0.39, 0.29) is 72.4 Å². The second-order valence-corrected chi connectivity index (χ2v) is 35.1. The Morgan fingerprint density at radius 1 is 0.462 bits per heavy atom. The van der Waals surface area contributed by atoms with Crippen LogP contribution in [0.25, 0.3) is 55.6 Å². The lowest BCUT2D eigenvalue weighted by atomic mass is 10.0. The number of aryl methyl sites for hydroxylation is 1. The van der Waals surface area contributed by atoms with Crippen LogP contribution in [0.5, 0.6) is 0 Å². The van der Waals surface area contributed by atoms with Gasteiger partial charge in [0.05, 0.1) is 16.2 Å². The highest BCUT2D eigenvalue weighted by Crippen LogP contribution is 2.35. The molecule has 10 N–H and O–H groups in total. The molecular weight excluding hydrogens is 1610 g/mol. The van der Waals surface area contributed by atoms with Crippen LogP contribution < -0.4 is 42.8 Å². The van der Waals surface area contributed by atoms with Gasteiger partial charge < -0.3 is 43.0 Å². The number of pyridine rings is 10. The zero-order valence-electron chi connectivity index (χ0n) is 66.5. The SMILES string of the molecule is CC(=O)Nc1cc(-c2cnc(N)c(S(=O)(=O)Cc3ccccc3C)c2)ccn1.CC(=O)Nc1cc(-c2cnc(N)c(S(=O)(=O)NCC3CC3)c2C)ccn1.CC(=O)Nc1cc(-c2cncc(C(=O)N(C)C)c2)ccn1.CC(=O)Nc1cc(-c2cncc(S(=O)(=O)N3CCCC3)c2)ccn1.CC(=O)Nc1cc(-c2cncc(S(C)(=O)=O)c2)ccn1. The Morgan fingerprint density at radius 2 is 0.866 bits per heavy atom. The molecule has 0 unspecified atom stereocenters. The van der Waals surface area contributed by atoms with Crippen molar-refractivity contribution in [3.05, 3.63) is 212 Å². The van der Waals surface area contributed by atoms with Gasteiger partial charge in [0, 0.05) is 183 Å². The minimum absolute atomic E-state index is 0.00598. The van der Waals surface area contributed by atoms with Gasteiger partial charge in [0.15, 0.2) is 19.7 Å². The van der Waals surface area contributed by atoms with E-state index in [4.69, 9.17) is 11.5 Å². The highest BCUT2D eigenvalue weighted by molar-refractivity contribution is 7.91. The molecule has 620 valence electrons. The monoisotopic (exact) mass is 1690 g/mol. The molecule has 6 amide bonds. The van der Waals surface area contributed by atoms with Gasteiger partial charge in [0.1, 0.15) is 55.4 Å². The maximum absolute atomic E-state index is 13.0. The third-order valence-electron chi connectivity index (χ3n) is 17.6. The molecule has 1 aliphatic carbocycles. The number of nitrogen functional groups attached to an aromatic ring is 2. The normalized spacial score (nSPS) is 12.5. The van der Waals surface area contributed by atoms with Crippen LogP contribution in [0, 0.1) is 19.8 Å². The summed E-state index contributed by atoms with van der Waals surface area (Å²) in [6, 6.07) is 30.8. The Balaban J connectivity index is 0.000000170. The number of anilines is 7.